The first kappa shape index (κ1) is 21.3. The van der Waals surface area contributed by atoms with Gasteiger partial charge in [0.05, 0.1) is 18.0 Å². The van der Waals surface area contributed by atoms with Crippen LogP contribution in [0.4, 0.5) is 24.7 Å². The normalized spacial score (nSPS) is 16.7. The van der Waals surface area contributed by atoms with Crippen molar-refractivity contribution in [2.24, 2.45) is 0 Å². The van der Waals surface area contributed by atoms with Gasteiger partial charge in [-0.3, -0.25) is 9.88 Å². The van der Waals surface area contributed by atoms with Gasteiger partial charge in [-0.15, -0.1) is 5.10 Å². The minimum Gasteiger partial charge on any atom is -0.392 e. The molecular formula is C22H20F3N7O. The molecule has 5 rings (SSSR count). The molecule has 0 saturated carbocycles. The summed E-state index contributed by atoms with van der Waals surface area (Å²) >= 11 is 0. The molecule has 0 radical (unpaired) electrons. The Bertz CT molecular complexity index is 1300. The Morgan fingerprint density at radius 3 is 2.82 bits per heavy atom. The van der Waals surface area contributed by atoms with Gasteiger partial charge in [-0.05, 0) is 36.2 Å². The second kappa shape index (κ2) is 8.75. The first-order valence-electron chi connectivity index (χ1n) is 10.4. The number of hydrogen-bond acceptors (Lipinski definition) is 7. The fraction of sp³-hybridized carbons (Fsp3) is 0.273. The van der Waals surface area contributed by atoms with E-state index >= 15 is 0 Å². The van der Waals surface area contributed by atoms with E-state index in [2.05, 4.69) is 30.3 Å². The third-order valence-electron chi connectivity index (χ3n) is 5.48. The van der Waals surface area contributed by atoms with Crippen molar-refractivity contribution in [1.29, 1.82) is 0 Å². The quantitative estimate of drug-likeness (QED) is 0.459. The highest BCUT2D eigenvalue weighted by atomic mass is 19.3. The van der Waals surface area contributed by atoms with Crippen LogP contribution in [0.1, 0.15) is 24.1 Å². The summed E-state index contributed by atoms with van der Waals surface area (Å²) in [5.74, 6) is -0.154. The number of fused-ring (bicyclic) bond motifs is 1. The summed E-state index contributed by atoms with van der Waals surface area (Å²) in [6.07, 6.45) is 1.87. The van der Waals surface area contributed by atoms with E-state index in [4.69, 9.17) is 0 Å². The molecule has 4 aromatic rings. The van der Waals surface area contributed by atoms with E-state index in [1.54, 1.807) is 16.8 Å². The molecule has 2 N–H and O–H groups in total. The fourth-order valence-corrected chi connectivity index (χ4v) is 3.91. The summed E-state index contributed by atoms with van der Waals surface area (Å²) in [6, 6.07) is 7.58. The van der Waals surface area contributed by atoms with Gasteiger partial charge < -0.3 is 10.4 Å². The van der Waals surface area contributed by atoms with Crippen LogP contribution < -0.4 is 5.32 Å². The number of aliphatic hydroxyl groups is 1. The number of β-amino-alcohol motifs (C(OH)–C–C–N with tert-alkyl or cyclic N) is 1. The Hall–Kier alpha value is -3.57. The van der Waals surface area contributed by atoms with Crippen LogP contribution in [0.25, 0.3) is 17.0 Å². The molecule has 0 aliphatic carbocycles. The minimum atomic E-state index is -2.73. The van der Waals surface area contributed by atoms with Crippen molar-refractivity contribution in [2.45, 2.75) is 25.5 Å². The van der Waals surface area contributed by atoms with E-state index < -0.39 is 12.2 Å². The highest BCUT2D eigenvalue weighted by molar-refractivity contribution is 5.78. The highest BCUT2D eigenvalue weighted by Crippen LogP contribution is 2.29. The summed E-state index contributed by atoms with van der Waals surface area (Å²) in [6.45, 7) is 1.86. The van der Waals surface area contributed by atoms with Crippen LogP contribution in [-0.2, 0) is 6.54 Å². The monoisotopic (exact) mass is 455 g/mol. The lowest BCUT2D eigenvalue weighted by Crippen LogP contribution is -2.21. The molecule has 11 heteroatoms. The summed E-state index contributed by atoms with van der Waals surface area (Å²) in [7, 11) is 0. The molecule has 0 bridgehead atoms. The molecular weight excluding hydrogens is 435 g/mol. The minimum absolute atomic E-state index is 0.112. The third-order valence-corrected chi connectivity index (χ3v) is 5.48. The first-order valence-corrected chi connectivity index (χ1v) is 10.4. The highest BCUT2D eigenvalue weighted by Gasteiger charge is 2.23. The number of pyridine rings is 2. The smallest absolute Gasteiger partial charge is 0.280 e. The number of likely N-dealkylation sites (tertiary alicyclic amines) is 1. The zero-order chi connectivity index (χ0) is 22.9. The second-order valence-corrected chi connectivity index (χ2v) is 7.82. The van der Waals surface area contributed by atoms with E-state index in [1.807, 2.05) is 6.07 Å². The molecule has 170 valence electrons. The molecule has 1 aliphatic heterocycles. The van der Waals surface area contributed by atoms with E-state index in [0.717, 1.165) is 18.3 Å². The number of aliphatic hydroxyl groups excluding tert-OH is 1. The molecule has 8 nitrogen and oxygen atoms in total. The fourth-order valence-electron chi connectivity index (χ4n) is 3.91. The Balaban J connectivity index is 1.61. The van der Waals surface area contributed by atoms with Gasteiger partial charge in [0.25, 0.3) is 6.43 Å². The standard InChI is InChI=1S/C22H20F3N7O/c23-15-10-26-7-4-16(15)28-22-19-13(11-31-8-6-14(33)12-31)5-9-32(19)30-21(29-22)18-3-1-2-17(27-18)20(24)25/h1-5,7,9-10,14,20,33H,6,8,11-12H2,(H,26,28,29,30)/t14-/m0/s1. The lowest BCUT2D eigenvalue weighted by atomic mass is 10.2. The summed E-state index contributed by atoms with van der Waals surface area (Å²) < 4.78 is 42.2. The van der Waals surface area contributed by atoms with Gasteiger partial charge >= 0.3 is 0 Å². The van der Waals surface area contributed by atoms with Gasteiger partial charge in [-0.2, -0.15) is 0 Å². The number of nitrogens with one attached hydrogen (secondary N) is 1. The molecule has 0 amide bonds. The van der Waals surface area contributed by atoms with Crippen molar-refractivity contribution in [3.8, 4) is 11.5 Å². The number of anilines is 2. The molecule has 33 heavy (non-hydrogen) atoms. The van der Waals surface area contributed by atoms with Crippen molar-refractivity contribution in [3.05, 3.63) is 66.0 Å². The van der Waals surface area contributed by atoms with E-state index in [1.165, 1.54) is 24.4 Å². The number of rotatable bonds is 6. The van der Waals surface area contributed by atoms with Gasteiger partial charge in [-0.25, -0.2) is 27.7 Å². The van der Waals surface area contributed by atoms with Crippen LogP contribution in [0.5, 0.6) is 0 Å². The predicted octanol–water partition coefficient (Wildman–Crippen LogP) is 3.57. The van der Waals surface area contributed by atoms with E-state index in [-0.39, 0.29) is 29.0 Å². The Morgan fingerprint density at radius 1 is 1.18 bits per heavy atom. The van der Waals surface area contributed by atoms with Crippen LogP contribution in [0.3, 0.4) is 0 Å². The zero-order valence-corrected chi connectivity index (χ0v) is 17.4. The second-order valence-electron chi connectivity index (χ2n) is 7.82. The molecule has 4 aromatic heterocycles. The van der Waals surface area contributed by atoms with Crippen LogP contribution in [0.15, 0.2) is 48.9 Å². The van der Waals surface area contributed by atoms with Crippen molar-refractivity contribution < 1.29 is 18.3 Å². The van der Waals surface area contributed by atoms with E-state index in [9.17, 15) is 18.3 Å². The average Bonchev–Trinajstić information content (AvgIpc) is 3.41. The third kappa shape index (κ3) is 4.37. The van der Waals surface area contributed by atoms with Crippen molar-refractivity contribution in [1.82, 2.24) is 29.5 Å². The summed E-state index contributed by atoms with van der Waals surface area (Å²) in [5.41, 5.74) is 1.44. The molecule has 0 spiro atoms. The van der Waals surface area contributed by atoms with Crippen molar-refractivity contribution in [3.63, 3.8) is 0 Å². The number of nitrogens with zero attached hydrogens (tertiary/aromatic N) is 6. The summed E-state index contributed by atoms with van der Waals surface area (Å²) in [5, 5.41) is 17.3. The zero-order valence-electron chi connectivity index (χ0n) is 17.4. The molecule has 1 fully saturated rings. The molecule has 5 heterocycles. The molecule has 1 atom stereocenters. The van der Waals surface area contributed by atoms with Crippen LogP contribution in [0, 0.1) is 5.82 Å². The van der Waals surface area contributed by atoms with Gasteiger partial charge in [0.2, 0.25) is 5.82 Å². The van der Waals surface area contributed by atoms with Crippen LogP contribution >= 0.6 is 0 Å². The maximum atomic E-state index is 14.3. The van der Waals surface area contributed by atoms with Gasteiger partial charge in [-0.1, -0.05) is 6.07 Å². The van der Waals surface area contributed by atoms with Crippen molar-refractivity contribution in [2.75, 3.05) is 18.4 Å². The van der Waals surface area contributed by atoms with Gasteiger partial charge in [0.1, 0.15) is 16.9 Å². The number of halogens is 3. The molecule has 1 saturated heterocycles. The number of hydrogen-bond donors (Lipinski definition) is 2. The Labute approximate surface area is 186 Å². The topological polar surface area (TPSA) is 91.5 Å². The Morgan fingerprint density at radius 2 is 2.06 bits per heavy atom. The van der Waals surface area contributed by atoms with Crippen LogP contribution in [0.2, 0.25) is 0 Å². The first-order chi connectivity index (χ1) is 16.0. The molecule has 0 unspecified atom stereocenters. The number of aromatic nitrogens is 5. The van der Waals surface area contributed by atoms with Gasteiger partial charge in [0, 0.05) is 32.0 Å². The average molecular weight is 455 g/mol. The lowest BCUT2D eigenvalue weighted by molar-refractivity contribution is 0.146. The van der Waals surface area contributed by atoms with Crippen molar-refractivity contribution >= 4 is 17.0 Å². The molecule has 0 aromatic carbocycles. The lowest BCUT2D eigenvalue weighted by Gasteiger charge is -2.16. The van der Waals surface area contributed by atoms with E-state index in [0.29, 0.717) is 30.8 Å². The molecule has 1 aliphatic rings. The predicted molar refractivity (Wildman–Crippen MR) is 115 cm³/mol. The van der Waals surface area contributed by atoms with Gasteiger partial charge in [0.15, 0.2) is 11.6 Å². The maximum absolute atomic E-state index is 14.3. The largest absolute Gasteiger partial charge is 0.392 e. The van der Waals surface area contributed by atoms with Crippen LogP contribution in [-0.4, -0.2) is 53.8 Å². The maximum Gasteiger partial charge on any atom is 0.280 e. The number of alkyl halides is 2. The summed E-state index contributed by atoms with van der Waals surface area (Å²) in [4.78, 5) is 14.4. The SMILES string of the molecule is O[C@H]1CCN(Cc2ccn3nc(-c4cccc(C(F)F)n4)nc(Nc4ccncc4F)c23)C1. The Kier molecular flexibility index (Phi) is 5.65.